The summed E-state index contributed by atoms with van der Waals surface area (Å²) in [7, 11) is 0. The summed E-state index contributed by atoms with van der Waals surface area (Å²) >= 11 is 4.23. The second kappa shape index (κ2) is 11.1. The van der Waals surface area contributed by atoms with Crippen molar-refractivity contribution in [2.75, 3.05) is 32.0 Å². The van der Waals surface area contributed by atoms with Gasteiger partial charge < -0.3 is 10.0 Å². The Morgan fingerprint density at radius 1 is 1.00 bits per heavy atom. The van der Waals surface area contributed by atoms with Crippen molar-refractivity contribution in [2.45, 2.75) is 57.8 Å². The second-order valence-electron chi connectivity index (χ2n) is 5.67. The molecule has 2 nitrogen and oxygen atoms in total. The molecule has 1 saturated heterocycles. The molecule has 0 aromatic heterocycles. The molecule has 0 bridgehead atoms. The Labute approximate surface area is 119 Å². The zero-order valence-corrected chi connectivity index (χ0v) is 12.7. The van der Waals surface area contributed by atoms with Gasteiger partial charge in [0, 0.05) is 13.2 Å². The molecule has 0 aromatic carbocycles. The third-order valence-electron chi connectivity index (χ3n) is 4.04. The largest absolute Gasteiger partial charge is 0.396 e. The highest BCUT2D eigenvalue weighted by molar-refractivity contribution is 7.80. The van der Waals surface area contributed by atoms with Gasteiger partial charge >= 0.3 is 0 Å². The number of hydrogen-bond acceptors (Lipinski definition) is 3. The first-order valence-corrected chi connectivity index (χ1v) is 8.44. The molecule has 18 heavy (non-hydrogen) atoms. The van der Waals surface area contributed by atoms with Crippen LogP contribution in [0.4, 0.5) is 0 Å². The summed E-state index contributed by atoms with van der Waals surface area (Å²) < 4.78 is 0. The molecule has 1 heterocycles. The highest BCUT2D eigenvalue weighted by atomic mass is 32.1. The number of hydrogen-bond donors (Lipinski definition) is 2. The Balaban J connectivity index is 1.84. The standard InChI is InChI=1S/C15H31NOS/c17-12-9-15-8-11-16(14-15)10-6-4-2-1-3-5-7-13-18/h15,17-18H,1-14H2. The summed E-state index contributed by atoms with van der Waals surface area (Å²) in [6, 6.07) is 0. The van der Waals surface area contributed by atoms with Gasteiger partial charge in [0.1, 0.15) is 0 Å². The van der Waals surface area contributed by atoms with E-state index in [0.717, 1.165) is 18.1 Å². The van der Waals surface area contributed by atoms with Crippen molar-refractivity contribution >= 4 is 12.6 Å². The molecule has 0 aliphatic carbocycles. The van der Waals surface area contributed by atoms with Crippen LogP contribution in [0.3, 0.4) is 0 Å². The van der Waals surface area contributed by atoms with Gasteiger partial charge in [-0.05, 0) is 50.4 Å². The lowest BCUT2D eigenvalue weighted by molar-refractivity contribution is 0.250. The minimum atomic E-state index is 0.366. The summed E-state index contributed by atoms with van der Waals surface area (Å²) in [5, 5.41) is 8.92. The van der Waals surface area contributed by atoms with E-state index in [2.05, 4.69) is 17.5 Å². The van der Waals surface area contributed by atoms with Gasteiger partial charge in [-0.1, -0.05) is 32.1 Å². The molecular weight excluding hydrogens is 242 g/mol. The molecule has 0 saturated carbocycles. The fraction of sp³-hybridized carbons (Fsp3) is 1.00. The maximum absolute atomic E-state index is 8.92. The van der Waals surface area contributed by atoms with Crippen LogP contribution in [0.1, 0.15) is 57.8 Å². The molecule has 1 rings (SSSR count). The van der Waals surface area contributed by atoms with E-state index in [-0.39, 0.29) is 0 Å². The van der Waals surface area contributed by atoms with Crippen molar-refractivity contribution in [3.05, 3.63) is 0 Å². The normalized spacial score (nSPS) is 20.7. The van der Waals surface area contributed by atoms with Gasteiger partial charge in [0.15, 0.2) is 0 Å². The molecule has 1 N–H and O–H groups in total. The Kier molecular flexibility index (Phi) is 10.1. The molecule has 0 aromatic rings. The molecule has 1 atom stereocenters. The third kappa shape index (κ3) is 7.65. The lowest BCUT2D eigenvalue weighted by Gasteiger charge is -2.15. The number of nitrogens with zero attached hydrogens (tertiary/aromatic N) is 1. The second-order valence-corrected chi connectivity index (χ2v) is 6.11. The summed E-state index contributed by atoms with van der Waals surface area (Å²) in [5.74, 6) is 1.81. The van der Waals surface area contributed by atoms with E-state index in [1.54, 1.807) is 0 Å². The Morgan fingerprint density at radius 3 is 2.33 bits per heavy atom. The number of rotatable bonds is 11. The van der Waals surface area contributed by atoms with Crippen LogP contribution < -0.4 is 0 Å². The number of aliphatic hydroxyl groups is 1. The number of aliphatic hydroxyl groups excluding tert-OH is 1. The van der Waals surface area contributed by atoms with Gasteiger partial charge in [-0.2, -0.15) is 12.6 Å². The Morgan fingerprint density at radius 2 is 1.67 bits per heavy atom. The zero-order valence-electron chi connectivity index (χ0n) is 11.8. The monoisotopic (exact) mass is 273 g/mol. The highest BCUT2D eigenvalue weighted by Crippen LogP contribution is 2.19. The van der Waals surface area contributed by atoms with Gasteiger partial charge in [0.2, 0.25) is 0 Å². The Hall–Kier alpha value is 0.270. The molecule has 0 radical (unpaired) electrons. The lowest BCUT2D eigenvalue weighted by atomic mass is 10.1. The van der Waals surface area contributed by atoms with Crippen LogP contribution in [0, 0.1) is 5.92 Å². The van der Waals surface area contributed by atoms with Gasteiger partial charge in [-0.25, -0.2) is 0 Å². The van der Waals surface area contributed by atoms with Crippen LogP contribution in [0.25, 0.3) is 0 Å². The average Bonchev–Trinajstić information content (AvgIpc) is 2.81. The molecule has 1 fully saturated rings. The van der Waals surface area contributed by atoms with Crippen LogP contribution in [0.15, 0.2) is 0 Å². The lowest BCUT2D eigenvalue weighted by Crippen LogP contribution is -2.22. The van der Waals surface area contributed by atoms with E-state index in [1.165, 1.54) is 71.0 Å². The van der Waals surface area contributed by atoms with Crippen molar-refractivity contribution < 1.29 is 5.11 Å². The van der Waals surface area contributed by atoms with E-state index < -0.39 is 0 Å². The molecular formula is C15H31NOS. The maximum atomic E-state index is 8.92. The van der Waals surface area contributed by atoms with Gasteiger partial charge in [-0.15, -0.1) is 0 Å². The Bertz CT molecular complexity index is 189. The maximum Gasteiger partial charge on any atom is 0.0434 e. The van der Waals surface area contributed by atoms with Crippen molar-refractivity contribution in [3.63, 3.8) is 0 Å². The SMILES string of the molecule is OCCC1CCN(CCCCCCCCCS)C1. The zero-order chi connectivity index (χ0) is 13.1. The molecule has 0 spiro atoms. The predicted octanol–water partition coefficient (Wildman–Crippen LogP) is 3.35. The topological polar surface area (TPSA) is 23.5 Å². The summed E-state index contributed by atoms with van der Waals surface area (Å²) in [6.45, 7) is 4.12. The highest BCUT2D eigenvalue weighted by Gasteiger charge is 2.20. The summed E-state index contributed by atoms with van der Waals surface area (Å²) in [5.41, 5.74) is 0. The van der Waals surface area contributed by atoms with Crippen LogP contribution >= 0.6 is 12.6 Å². The molecule has 1 unspecified atom stereocenters. The number of unbranched alkanes of at least 4 members (excludes halogenated alkanes) is 6. The molecule has 1 aliphatic heterocycles. The first-order chi connectivity index (χ1) is 8.86. The summed E-state index contributed by atoms with van der Waals surface area (Å²) in [4.78, 5) is 2.58. The minimum Gasteiger partial charge on any atom is -0.396 e. The van der Waals surface area contributed by atoms with Crippen molar-refractivity contribution in [2.24, 2.45) is 5.92 Å². The fourth-order valence-corrected chi connectivity index (χ4v) is 3.09. The predicted molar refractivity (Wildman–Crippen MR) is 82.4 cm³/mol. The smallest absolute Gasteiger partial charge is 0.0434 e. The number of likely N-dealkylation sites (tertiary alicyclic amines) is 1. The quantitative estimate of drug-likeness (QED) is 0.445. The van der Waals surface area contributed by atoms with Crippen LogP contribution in [0.5, 0.6) is 0 Å². The van der Waals surface area contributed by atoms with Gasteiger partial charge in [0.25, 0.3) is 0 Å². The van der Waals surface area contributed by atoms with E-state index in [0.29, 0.717) is 6.61 Å². The van der Waals surface area contributed by atoms with E-state index in [4.69, 9.17) is 5.11 Å². The van der Waals surface area contributed by atoms with Crippen LogP contribution in [0.2, 0.25) is 0 Å². The molecule has 1 aliphatic rings. The van der Waals surface area contributed by atoms with Gasteiger partial charge in [0.05, 0.1) is 0 Å². The fourth-order valence-electron chi connectivity index (χ4n) is 2.87. The minimum absolute atomic E-state index is 0.366. The average molecular weight is 273 g/mol. The van der Waals surface area contributed by atoms with Crippen molar-refractivity contribution in [1.29, 1.82) is 0 Å². The first kappa shape index (κ1) is 16.3. The van der Waals surface area contributed by atoms with E-state index in [9.17, 15) is 0 Å². The van der Waals surface area contributed by atoms with Crippen molar-refractivity contribution in [3.8, 4) is 0 Å². The van der Waals surface area contributed by atoms with Crippen LogP contribution in [-0.4, -0.2) is 42.0 Å². The van der Waals surface area contributed by atoms with Crippen molar-refractivity contribution in [1.82, 2.24) is 4.90 Å². The third-order valence-corrected chi connectivity index (χ3v) is 4.36. The van der Waals surface area contributed by atoms with E-state index >= 15 is 0 Å². The summed E-state index contributed by atoms with van der Waals surface area (Å²) in [6.07, 6.45) is 11.9. The molecule has 0 amide bonds. The number of thiol groups is 1. The van der Waals surface area contributed by atoms with Crippen LogP contribution in [-0.2, 0) is 0 Å². The molecule has 3 heteroatoms. The van der Waals surface area contributed by atoms with Gasteiger partial charge in [-0.3, -0.25) is 0 Å². The molecule has 108 valence electrons. The first-order valence-electron chi connectivity index (χ1n) is 7.81. The van der Waals surface area contributed by atoms with E-state index in [1.807, 2.05) is 0 Å².